The summed E-state index contributed by atoms with van der Waals surface area (Å²) in [6, 6.07) is 10.2. The lowest BCUT2D eigenvalue weighted by atomic mass is 9.66. The zero-order valence-electron chi connectivity index (χ0n) is 18.4. The molecule has 3 aliphatic rings. The highest BCUT2D eigenvalue weighted by Crippen LogP contribution is 2.43. The number of carbonyl (C=O) groups excluding carboxylic acids is 1. The summed E-state index contributed by atoms with van der Waals surface area (Å²) < 4.78 is 0. The molecule has 162 valence electrons. The second-order valence-electron chi connectivity index (χ2n) is 10.3. The monoisotopic (exact) mass is 416 g/mol. The predicted octanol–water partition coefficient (Wildman–Crippen LogP) is 4.23. The van der Waals surface area contributed by atoms with Crippen molar-refractivity contribution in [3.8, 4) is 6.07 Å². The van der Waals surface area contributed by atoms with E-state index in [0.717, 1.165) is 30.4 Å². The average Bonchev–Trinajstić information content (AvgIpc) is 2.77. The number of carbonyl (C=O) groups is 1. The summed E-state index contributed by atoms with van der Waals surface area (Å²) >= 11 is 0. The lowest BCUT2D eigenvalue weighted by molar-refractivity contribution is -0.134. The van der Waals surface area contributed by atoms with Gasteiger partial charge in [0.1, 0.15) is 6.07 Å². The van der Waals surface area contributed by atoms with E-state index >= 15 is 0 Å². The molecule has 3 heterocycles. The number of likely N-dealkylation sites (tertiary alicyclic amines) is 1. The summed E-state index contributed by atoms with van der Waals surface area (Å²) in [5.74, 6) is 1.65. The maximum atomic E-state index is 13.3. The molecule has 5 heteroatoms. The van der Waals surface area contributed by atoms with Crippen LogP contribution in [-0.2, 0) is 4.79 Å². The Bertz CT molecular complexity index is 1010. The molecule has 2 aliphatic heterocycles. The number of nitrogens with zero attached hydrogens (tertiary/aromatic N) is 3. The Morgan fingerprint density at radius 2 is 2.06 bits per heavy atom. The molecule has 31 heavy (non-hydrogen) atoms. The van der Waals surface area contributed by atoms with E-state index in [1.165, 1.54) is 44.3 Å². The molecule has 1 aliphatic carbocycles. The largest absolute Gasteiger partial charge is 0.342 e. The number of aromatic nitrogens is 1. The van der Waals surface area contributed by atoms with Gasteiger partial charge in [0, 0.05) is 50.1 Å². The first-order chi connectivity index (χ1) is 15.1. The van der Waals surface area contributed by atoms with E-state index in [9.17, 15) is 10.1 Å². The number of nitrogens with one attached hydrogen (secondary N) is 1. The van der Waals surface area contributed by atoms with Crippen molar-refractivity contribution in [3.63, 3.8) is 0 Å². The van der Waals surface area contributed by atoms with Crippen LogP contribution in [0.1, 0.15) is 62.5 Å². The number of nitriles is 1. The Balaban J connectivity index is 1.30. The SMILES string of the molecule is C[C@@H]1C[C@H](c2ccc(C#N)c3ncccc23)CN(C(=O)CC2CCC3(CC2)CNC3)C1. The van der Waals surface area contributed by atoms with Gasteiger partial charge in [0.2, 0.25) is 5.91 Å². The van der Waals surface area contributed by atoms with Crippen molar-refractivity contribution >= 4 is 16.8 Å². The Kier molecular flexibility index (Phi) is 5.44. The maximum Gasteiger partial charge on any atom is 0.222 e. The number of piperidine rings is 1. The van der Waals surface area contributed by atoms with Crippen LogP contribution in [0.5, 0.6) is 0 Å². The van der Waals surface area contributed by atoms with Gasteiger partial charge in [0.15, 0.2) is 0 Å². The number of benzene rings is 1. The topological polar surface area (TPSA) is 69.0 Å². The van der Waals surface area contributed by atoms with Gasteiger partial charge < -0.3 is 10.2 Å². The van der Waals surface area contributed by atoms with Crippen molar-refractivity contribution in [2.24, 2.45) is 17.3 Å². The minimum Gasteiger partial charge on any atom is -0.342 e. The predicted molar refractivity (Wildman–Crippen MR) is 121 cm³/mol. The van der Waals surface area contributed by atoms with Crippen molar-refractivity contribution in [2.45, 2.75) is 51.4 Å². The van der Waals surface area contributed by atoms with E-state index in [0.29, 0.717) is 41.1 Å². The molecule has 3 fully saturated rings. The second-order valence-corrected chi connectivity index (χ2v) is 10.3. The van der Waals surface area contributed by atoms with Gasteiger partial charge in [-0.3, -0.25) is 9.78 Å². The molecule has 5 rings (SSSR count). The standard InChI is InChI=1S/C26H32N4O/c1-18-11-21(22-5-4-20(13-27)25-23(22)3-2-10-29-25)15-30(14-18)24(31)12-19-6-8-26(9-7-19)16-28-17-26/h2-5,10,18-19,21,28H,6-9,11-12,14-17H2,1H3/t18-,21+/m1/s1. The van der Waals surface area contributed by atoms with Gasteiger partial charge in [-0.15, -0.1) is 0 Å². The molecule has 1 N–H and O–H groups in total. The van der Waals surface area contributed by atoms with Crippen LogP contribution in [0.25, 0.3) is 10.9 Å². The molecule has 2 atom stereocenters. The summed E-state index contributed by atoms with van der Waals surface area (Å²) in [5.41, 5.74) is 3.17. The Morgan fingerprint density at radius 1 is 1.26 bits per heavy atom. The van der Waals surface area contributed by atoms with Gasteiger partial charge >= 0.3 is 0 Å². The number of amides is 1. The van der Waals surface area contributed by atoms with Crippen LogP contribution in [0.3, 0.4) is 0 Å². The molecular formula is C26H32N4O. The lowest BCUT2D eigenvalue weighted by Crippen LogP contribution is -2.55. The molecule has 0 radical (unpaired) electrons. The highest BCUT2D eigenvalue weighted by Gasteiger charge is 2.41. The molecule has 5 nitrogen and oxygen atoms in total. The fourth-order valence-corrected chi connectivity index (χ4v) is 6.12. The quantitative estimate of drug-likeness (QED) is 0.813. The molecule has 0 unspecified atom stereocenters. The van der Waals surface area contributed by atoms with Crippen LogP contribution in [0.4, 0.5) is 0 Å². The van der Waals surface area contributed by atoms with E-state index in [4.69, 9.17) is 0 Å². The van der Waals surface area contributed by atoms with Gasteiger partial charge in [-0.05, 0) is 67.1 Å². The highest BCUT2D eigenvalue weighted by molar-refractivity contribution is 5.87. The molecule has 1 spiro atoms. The Morgan fingerprint density at radius 3 is 2.77 bits per heavy atom. The van der Waals surface area contributed by atoms with Crippen LogP contribution in [0, 0.1) is 28.6 Å². The number of pyridine rings is 1. The van der Waals surface area contributed by atoms with E-state index in [1.807, 2.05) is 12.1 Å². The first kappa shape index (κ1) is 20.5. The van der Waals surface area contributed by atoms with Gasteiger partial charge in [-0.1, -0.05) is 19.1 Å². The third kappa shape index (κ3) is 3.94. The number of hydrogen-bond acceptors (Lipinski definition) is 4. The van der Waals surface area contributed by atoms with Crippen molar-refractivity contribution < 1.29 is 4.79 Å². The minimum atomic E-state index is 0.294. The Labute approximate surface area is 184 Å². The number of hydrogen-bond donors (Lipinski definition) is 1. The van der Waals surface area contributed by atoms with E-state index in [2.05, 4.69) is 40.3 Å². The molecule has 1 aromatic carbocycles. The molecule has 1 amide bonds. The maximum absolute atomic E-state index is 13.3. The molecule has 2 aromatic rings. The molecule has 2 saturated heterocycles. The molecule has 1 aromatic heterocycles. The Hall–Kier alpha value is -2.45. The van der Waals surface area contributed by atoms with Crippen molar-refractivity contribution in [1.29, 1.82) is 5.26 Å². The second kappa shape index (κ2) is 8.24. The van der Waals surface area contributed by atoms with E-state index in [1.54, 1.807) is 6.20 Å². The van der Waals surface area contributed by atoms with Crippen LogP contribution < -0.4 is 5.32 Å². The summed E-state index contributed by atoms with van der Waals surface area (Å²) in [7, 11) is 0. The fourth-order valence-electron chi connectivity index (χ4n) is 6.12. The third-order valence-electron chi connectivity index (χ3n) is 8.01. The van der Waals surface area contributed by atoms with Crippen molar-refractivity contribution in [2.75, 3.05) is 26.2 Å². The first-order valence-electron chi connectivity index (χ1n) is 11.8. The van der Waals surface area contributed by atoms with Gasteiger partial charge in [0.05, 0.1) is 11.1 Å². The van der Waals surface area contributed by atoms with Gasteiger partial charge in [0.25, 0.3) is 0 Å². The molecule has 1 saturated carbocycles. The van der Waals surface area contributed by atoms with E-state index < -0.39 is 0 Å². The minimum absolute atomic E-state index is 0.294. The van der Waals surface area contributed by atoms with Gasteiger partial charge in [-0.25, -0.2) is 0 Å². The third-order valence-corrected chi connectivity index (χ3v) is 8.01. The highest BCUT2D eigenvalue weighted by atomic mass is 16.2. The van der Waals surface area contributed by atoms with Crippen molar-refractivity contribution in [1.82, 2.24) is 15.2 Å². The smallest absolute Gasteiger partial charge is 0.222 e. The van der Waals surface area contributed by atoms with Crippen LogP contribution in [0.2, 0.25) is 0 Å². The number of fused-ring (bicyclic) bond motifs is 1. The van der Waals surface area contributed by atoms with E-state index in [-0.39, 0.29) is 0 Å². The van der Waals surface area contributed by atoms with Gasteiger partial charge in [-0.2, -0.15) is 5.26 Å². The summed E-state index contributed by atoms with van der Waals surface area (Å²) in [6.07, 6.45) is 8.48. The first-order valence-corrected chi connectivity index (χ1v) is 11.8. The summed E-state index contributed by atoms with van der Waals surface area (Å²) in [4.78, 5) is 19.8. The average molecular weight is 417 g/mol. The summed E-state index contributed by atoms with van der Waals surface area (Å²) in [5, 5.41) is 13.9. The van der Waals surface area contributed by atoms with Crippen molar-refractivity contribution in [3.05, 3.63) is 41.6 Å². The molecule has 0 bridgehead atoms. The summed E-state index contributed by atoms with van der Waals surface area (Å²) in [6.45, 7) is 6.24. The normalized spacial score (nSPS) is 25.9. The molecular weight excluding hydrogens is 384 g/mol. The lowest BCUT2D eigenvalue weighted by Gasteiger charge is -2.47. The van der Waals surface area contributed by atoms with Crippen LogP contribution in [-0.4, -0.2) is 42.0 Å². The number of rotatable bonds is 3. The van der Waals surface area contributed by atoms with Crippen LogP contribution in [0.15, 0.2) is 30.5 Å². The van der Waals surface area contributed by atoms with Crippen LogP contribution >= 0.6 is 0 Å². The zero-order valence-corrected chi connectivity index (χ0v) is 18.4. The zero-order chi connectivity index (χ0) is 21.4. The fraction of sp³-hybridized carbons (Fsp3) is 0.577.